The zero-order valence-electron chi connectivity index (χ0n) is 9.49. The monoisotopic (exact) mass is 226 g/mol. The SMILES string of the molecule is Cc1ncccc1CNCC(C)S(C)=O. The van der Waals surface area contributed by atoms with E-state index in [9.17, 15) is 4.21 Å². The first kappa shape index (κ1) is 12.3. The van der Waals surface area contributed by atoms with Crippen LogP contribution in [0.2, 0.25) is 0 Å². The second-order valence-electron chi connectivity index (χ2n) is 3.69. The maximum absolute atomic E-state index is 11.1. The van der Waals surface area contributed by atoms with Crippen molar-refractivity contribution >= 4 is 10.8 Å². The van der Waals surface area contributed by atoms with Crippen molar-refractivity contribution in [2.75, 3.05) is 12.8 Å². The van der Waals surface area contributed by atoms with Crippen LogP contribution in [0.25, 0.3) is 0 Å². The summed E-state index contributed by atoms with van der Waals surface area (Å²) in [6.07, 6.45) is 3.53. The maximum Gasteiger partial charge on any atom is 0.0441 e. The van der Waals surface area contributed by atoms with Crippen molar-refractivity contribution in [3.05, 3.63) is 29.6 Å². The van der Waals surface area contributed by atoms with Gasteiger partial charge in [-0.15, -0.1) is 0 Å². The fourth-order valence-electron chi connectivity index (χ4n) is 1.23. The molecule has 0 saturated heterocycles. The van der Waals surface area contributed by atoms with E-state index >= 15 is 0 Å². The van der Waals surface area contributed by atoms with E-state index in [0.29, 0.717) is 0 Å². The number of hydrogen-bond donors (Lipinski definition) is 1. The first-order valence-corrected chi connectivity index (χ1v) is 6.67. The molecule has 0 aliphatic heterocycles. The lowest BCUT2D eigenvalue weighted by Crippen LogP contribution is -2.27. The van der Waals surface area contributed by atoms with Crippen molar-refractivity contribution in [3.63, 3.8) is 0 Å². The summed E-state index contributed by atoms with van der Waals surface area (Å²) in [6, 6.07) is 3.99. The molecule has 1 N–H and O–H groups in total. The molecule has 84 valence electrons. The third-order valence-electron chi connectivity index (χ3n) is 2.43. The van der Waals surface area contributed by atoms with E-state index in [0.717, 1.165) is 18.8 Å². The largest absolute Gasteiger partial charge is 0.311 e. The van der Waals surface area contributed by atoms with Gasteiger partial charge >= 0.3 is 0 Å². The fraction of sp³-hybridized carbons (Fsp3) is 0.545. The Labute approximate surface area is 93.8 Å². The summed E-state index contributed by atoms with van der Waals surface area (Å²) in [7, 11) is -0.752. The Hall–Kier alpha value is -0.740. The van der Waals surface area contributed by atoms with Crippen molar-refractivity contribution in [1.82, 2.24) is 10.3 Å². The van der Waals surface area contributed by atoms with Gasteiger partial charge in [-0.25, -0.2) is 0 Å². The van der Waals surface area contributed by atoms with Crippen LogP contribution in [0.4, 0.5) is 0 Å². The first-order chi connectivity index (χ1) is 7.11. The summed E-state index contributed by atoms with van der Waals surface area (Å²) in [5.41, 5.74) is 2.25. The van der Waals surface area contributed by atoms with Gasteiger partial charge in [-0.1, -0.05) is 6.07 Å². The summed E-state index contributed by atoms with van der Waals surface area (Å²) in [5, 5.41) is 3.49. The quantitative estimate of drug-likeness (QED) is 0.821. The van der Waals surface area contributed by atoms with E-state index < -0.39 is 10.8 Å². The standard InChI is InChI=1S/C11H18N2OS/c1-9(15(3)14)7-12-8-11-5-4-6-13-10(11)2/h4-6,9,12H,7-8H2,1-3H3. The van der Waals surface area contributed by atoms with E-state index in [-0.39, 0.29) is 5.25 Å². The van der Waals surface area contributed by atoms with E-state index in [1.807, 2.05) is 19.9 Å². The normalized spacial score (nSPS) is 14.9. The summed E-state index contributed by atoms with van der Waals surface area (Å²) in [6.45, 7) is 5.55. The molecule has 1 aromatic rings. The molecule has 0 bridgehead atoms. The molecule has 0 radical (unpaired) electrons. The Kier molecular flexibility index (Phi) is 4.91. The van der Waals surface area contributed by atoms with Crippen molar-refractivity contribution in [2.45, 2.75) is 25.6 Å². The molecule has 0 aliphatic carbocycles. The van der Waals surface area contributed by atoms with Gasteiger partial charge in [0.15, 0.2) is 0 Å². The summed E-state index contributed by atoms with van der Waals surface area (Å²) < 4.78 is 11.1. The summed E-state index contributed by atoms with van der Waals surface area (Å²) in [4.78, 5) is 4.21. The van der Waals surface area contributed by atoms with Gasteiger partial charge in [-0.05, 0) is 25.5 Å². The molecule has 15 heavy (non-hydrogen) atoms. The van der Waals surface area contributed by atoms with Gasteiger partial charge in [0.1, 0.15) is 0 Å². The van der Waals surface area contributed by atoms with Gasteiger partial charge in [0.05, 0.1) is 0 Å². The Morgan fingerprint density at radius 3 is 2.93 bits per heavy atom. The predicted molar refractivity (Wildman–Crippen MR) is 64.2 cm³/mol. The smallest absolute Gasteiger partial charge is 0.0441 e. The minimum Gasteiger partial charge on any atom is -0.311 e. The predicted octanol–water partition coefficient (Wildman–Crippen LogP) is 1.25. The summed E-state index contributed by atoms with van der Waals surface area (Å²) >= 11 is 0. The number of nitrogens with one attached hydrogen (secondary N) is 1. The first-order valence-electron chi connectivity index (χ1n) is 5.04. The number of aryl methyl sites for hydroxylation is 1. The highest BCUT2D eigenvalue weighted by Crippen LogP contribution is 2.02. The Balaban J connectivity index is 2.38. The number of hydrogen-bond acceptors (Lipinski definition) is 3. The molecule has 0 aliphatic rings. The number of aromatic nitrogens is 1. The van der Waals surface area contributed by atoms with Crippen LogP contribution in [-0.2, 0) is 17.3 Å². The molecule has 0 amide bonds. The van der Waals surface area contributed by atoms with Crippen LogP contribution in [0.5, 0.6) is 0 Å². The van der Waals surface area contributed by atoms with Crippen molar-refractivity contribution in [1.29, 1.82) is 0 Å². The molecule has 0 saturated carbocycles. The molecule has 1 heterocycles. The van der Waals surface area contributed by atoms with Crippen molar-refractivity contribution < 1.29 is 4.21 Å². The molecule has 4 heteroatoms. The van der Waals surface area contributed by atoms with Crippen LogP contribution in [0, 0.1) is 6.92 Å². The van der Waals surface area contributed by atoms with Gasteiger partial charge in [-0.3, -0.25) is 9.19 Å². The lowest BCUT2D eigenvalue weighted by Gasteiger charge is -2.10. The van der Waals surface area contributed by atoms with Crippen molar-refractivity contribution in [3.8, 4) is 0 Å². The highest BCUT2D eigenvalue weighted by Gasteiger charge is 2.05. The van der Waals surface area contributed by atoms with Crippen LogP contribution in [0.15, 0.2) is 18.3 Å². The molecular weight excluding hydrogens is 208 g/mol. The number of pyridine rings is 1. The van der Waals surface area contributed by atoms with Gasteiger partial charge < -0.3 is 5.32 Å². The molecule has 0 aromatic carbocycles. The topological polar surface area (TPSA) is 42.0 Å². The molecule has 0 fully saturated rings. The molecule has 1 rings (SSSR count). The molecule has 2 unspecified atom stereocenters. The lowest BCUT2D eigenvalue weighted by molar-refractivity contribution is 0.645. The third kappa shape index (κ3) is 4.10. The Morgan fingerprint density at radius 1 is 1.60 bits per heavy atom. The molecule has 1 aromatic heterocycles. The zero-order valence-corrected chi connectivity index (χ0v) is 10.3. The van der Waals surface area contributed by atoms with Crippen LogP contribution in [-0.4, -0.2) is 27.2 Å². The van der Waals surface area contributed by atoms with E-state index in [1.54, 1.807) is 12.5 Å². The van der Waals surface area contributed by atoms with Crippen LogP contribution in [0.1, 0.15) is 18.2 Å². The molecule has 2 atom stereocenters. The van der Waals surface area contributed by atoms with E-state index in [1.165, 1.54) is 5.56 Å². The van der Waals surface area contributed by atoms with Crippen LogP contribution in [0.3, 0.4) is 0 Å². The lowest BCUT2D eigenvalue weighted by atomic mass is 10.2. The Bertz CT molecular complexity index is 341. The van der Waals surface area contributed by atoms with Gasteiger partial charge in [0, 0.05) is 47.3 Å². The highest BCUT2D eigenvalue weighted by atomic mass is 32.2. The third-order valence-corrected chi connectivity index (χ3v) is 3.73. The number of nitrogens with zero attached hydrogens (tertiary/aromatic N) is 1. The highest BCUT2D eigenvalue weighted by molar-refractivity contribution is 7.84. The number of rotatable bonds is 5. The average Bonchev–Trinajstić information content (AvgIpc) is 2.20. The van der Waals surface area contributed by atoms with E-state index in [2.05, 4.69) is 16.4 Å². The maximum atomic E-state index is 11.1. The van der Waals surface area contributed by atoms with E-state index in [4.69, 9.17) is 0 Å². The van der Waals surface area contributed by atoms with Crippen molar-refractivity contribution in [2.24, 2.45) is 0 Å². The zero-order chi connectivity index (χ0) is 11.3. The second-order valence-corrected chi connectivity index (χ2v) is 5.49. The van der Waals surface area contributed by atoms with Gasteiger partial charge in [0.2, 0.25) is 0 Å². The van der Waals surface area contributed by atoms with Gasteiger partial charge in [-0.2, -0.15) is 0 Å². The average molecular weight is 226 g/mol. The second kappa shape index (κ2) is 5.98. The molecular formula is C11H18N2OS. The minimum atomic E-state index is -0.752. The van der Waals surface area contributed by atoms with Crippen LogP contribution >= 0.6 is 0 Å². The molecule has 3 nitrogen and oxygen atoms in total. The summed E-state index contributed by atoms with van der Waals surface area (Å²) in [5.74, 6) is 0. The van der Waals surface area contributed by atoms with Gasteiger partial charge in [0.25, 0.3) is 0 Å². The minimum absolute atomic E-state index is 0.196. The Morgan fingerprint density at radius 2 is 2.33 bits per heavy atom. The fourth-order valence-corrected chi connectivity index (χ4v) is 1.58. The molecule has 0 spiro atoms. The van der Waals surface area contributed by atoms with Crippen LogP contribution < -0.4 is 5.32 Å².